The minimum absolute atomic E-state index is 0.145. The molecule has 1 unspecified atom stereocenters. The second kappa shape index (κ2) is 7.24. The molecule has 0 saturated carbocycles. The molecule has 28 heavy (non-hydrogen) atoms. The number of fused-ring (bicyclic) bond motifs is 1. The lowest BCUT2D eigenvalue weighted by atomic mass is 9.99. The highest BCUT2D eigenvalue weighted by atomic mass is 35.5. The van der Waals surface area contributed by atoms with Gasteiger partial charge in [-0.2, -0.15) is 8.42 Å². The molecular formula is C22H19ClO4S. The SMILES string of the molecule is COS(=O)(=O)c1ccc(C)cc1C1Cc2cccc(-c3ccc(Cl)cc3)c2O1. The zero-order chi connectivity index (χ0) is 19.9. The maximum Gasteiger partial charge on any atom is 0.297 e. The van der Waals surface area contributed by atoms with Crippen LogP contribution in [0.25, 0.3) is 11.1 Å². The lowest BCUT2D eigenvalue weighted by Gasteiger charge is -2.17. The summed E-state index contributed by atoms with van der Waals surface area (Å²) in [4.78, 5) is 0.145. The van der Waals surface area contributed by atoms with Gasteiger partial charge in [0.15, 0.2) is 0 Å². The number of hydrogen-bond acceptors (Lipinski definition) is 4. The lowest BCUT2D eigenvalue weighted by molar-refractivity contribution is 0.235. The van der Waals surface area contributed by atoms with Crippen LogP contribution in [0.2, 0.25) is 5.02 Å². The van der Waals surface area contributed by atoms with Crippen molar-refractivity contribution in [2.75, 3.05) is 7.11 Å². The fourth-order valence-corrected chi connectivity index (χ4v) is 4.55. The van der Waals surface area contributed by atoms with Gasteiger partial charge in [0.05, 0.1) is 7.11 Å². The number of para-hydroxylation sites is 1. The van der Waals surface area contributed by atoms with Gasteiger partial charge in [0, 0.05) is 22.6 Å². The van der Waals surface area contributed by atoms with E-state index in [-0.39, 0.29) is 4.90 Å². The second-order valence-corrected chi connectivity index (χ2v) is 8.89. The van der Waals surface area contributed by atoms with E-state index in [9.17, 15) is 8.42 Å². The number of aryl methyl sites for hydroxylation is 1. The van der Waals surface area contributed by atoms with Gasteiger partial charge in [0.1, 0.15) is 16.7 Å². The molecule has 0 aromatic heterocycles. The molecule has 1 heterocycles. The van der Waals surface area contributed by atoms with Crippen LogP contribution in [0.15, 0.2) is 65.6 Å². The van der Waals surface area contributed by atoms with E-state index in [2.05, 4.69) is 0 Å². The van der Waals surface area contributed by atoms with Crippen LogP contribution in [-0.2, 0) is 20.7 Å². The van der Waals surface area contributed by atoms with Gasteiger partial charge in [0.2, 0.25) is 0 Å². The second-order valence-electron chi connectivity index (χ2n) is 6.77. The molecule has 3 aromatic rings. The molecule has 3 aromatic carbocycles. The van der Waals surface area contributed by atoms with Crippen molar-refractivity contribution in [3.8, 4) is 16.9 Å². The molecule has 0 aliphatic carbocycles. The monoisotopic (exact) mass is 414 g/mol. The summed E-state index contributed by atoms with van der Waals surface area (Å²) < 4.78 is 35.8. The third-order valence-electron chi connectivity index (χ3n) is 4.92. The fraction of sp³-hybridized carbons (Fsp3) is 0.182. The van der Waals surface area contributed by atoms with E-state index in [1.165, 1.54) is 7.11 Å². The van der Waals surface area contributed by atoms with Gasteiger partial charge in [-0.25, -0.2) is 0 Å². The molecule has 1 atom stereocenters. The van der Waals surface area contributed by atoms with E-state index in [1.807, 2.05) is 55.5 Å². The summed E-state index contributed by atoms with van der Waals surface area (Å²) in [7, 11) is -2.66. The number of benzene rings is 3. The van der Waals surface area contributed by atoms with Crippen molar-refractivity contribution < 1.29 is 17.3 Å². The van der Waals surface area contributed by atoms with Crippen LogP contribution in [0, 0.1) is 6.92 Å². The zero-order valence-corrected chi connectivity index (χ0v) is 17.0. The Bertz CT molecular complexity index is 1140. The highest BCUT2D eigenvalue weighted by Gasteiger charge is 2.31. The standard InChI is InChI=1S/C22H19ClO4S/c1-14-6-11-21(28(24,25)26-2)19(12-14)20-13-16-4-3-5-18(22(16)27-20)15-7-9-17(23)10-8-15/h3-12,20H,13H2,1-2H3. The van der Waals surface area contributed by atoms with Gasteiger partial charge in [0.25, 0.3) is 10.1 Å². The molecule has 0 radical (unpaired) electrons. The molecule has 0 N–H and O–H groups in total. The molecule has 144 valence electrons. The van der Waals surface area contributed by atoms with Crippen LogP contribution < -0.4 is 4.74 Å². The molecule has 0 fully saturated rings. The van der Waals surface area contributed by atoms with E-state index in [1.54, 1.807) is 12.1 Å². The molecule has 1 aliphatic rings. The van der Waals surface area contributed by atoms with Crippen molar-refractivity contribution in [3.05, 3.63) is 82.4 Å². The van der Waals surface area contributed by atoms with Crippen molar-refractivity contribution >= 4 is 21.7 Å². The first-order valence-corrected chi connectivity index (χ1v) is 10.6. The van der Waals surface area contributed by atoms with Gasteiger partial charge in [-0.15, -0.1) is 0 Å². The molecule has 0 spiro atoms. The fourth-order valence-electron chi connectivity index (χ4n) is 3.54. The zero-order valence-electron chi connectivity index (χ0n) is 15.5. The van der Waals surface area contributed by atoms with Crippen LogP contribution >= 0.6 is 11.6 Å². The summed E-state index contributed by atoms with van der Waals surface area (Å²) in [5.74, 6) is 0.775. The van der Waals surface area contributed by atoms with Crippen molar-refractivity contribution in [1.82, 2.24) is 0 Å². The van der Waals surface area contributed by atoms with Gasteiger partial charge < -0.3 is 4.74 Å². The van der Waals surface area contributed by atoms with E-state index in [0.717, 1.165) is 28.0 Å². The van der Waals surface area contributed by atoms with Crippen molar-refractivity contribution in [2.45, 2.75) is 24.3 Å². The summed E-state index contributed by atoms with van der Waals surface area (Å²) in [5, 5.41) is 0.671. The van der Waals surface area contributed by atoms with Crippen LogP contribution in [-0.4, -0.2) is 15.5 Å². The Balaban J connectivity index is 1.77. The van der Waals surface area contributed by atoms with Gasteiger partial charge in [-0.3, -0.25) is 4.18 Å². The van der Waals surface area contributed by atoms with E-state index < -0.39 is 16.2 Å². The Morgan fingerprint density at radius 1 is 1.07 bits per heavy atom. The molecular weight excluding hydrogens is 396 g/mol. The summed E-state index contributed by atoms with van der Waals surface area (Å²) in [6, 6.07) is 18.8. The minimum atomic E-state index is -3.83. The topological polar surface area (TPSA) is 52.6 Å². The molecule has 0 amide bonds. The lowest BCUT2D eigenvalue weighted by Crippen LogP contribution is -2.12. The predicted octanol–water partition coefficient (Wildman–Crippen LogP) is 5.33. The predicted molar refractivity (Wildman–Crippen MR) is 109 cm³/mol. The van der Waals surface area contributed by atoms with Crippen molar-refractivity contribution in [1.29, 1.82) is 0 Å². The first kappa shape index (κ1) is 19.0. The first-order chi connectivity index (χ1) is 13.4. The highest BCUT2D eigenvalue weighted by Crippen LogP contribution is 2.44. The number of hydrogen-bond donors (Lipinski definition) is 0. The maximum atomic E-state index is 12.4. The average Bonchev–Trinajstić information content (AvgIpc) is 3.13. The Morgan fingerprint density at radius 3 is 2.54 bits per heavy atom. The average molecular weight is 415 g/mol. The van der Waals surface area contributed by atoms with Crippen LogP contribution in [0.4, 0.5) is 0 Å². The third-order valence-corrected chi connectivity index (χ3v) is 6.52. The number of rotatable bonds is 4. The third kappa shape index (κ3) is 3.41. The Labute approximate surface area is 169 Å². The largest absolute Gasteiger partial charge is 0.484 e. The first-order valence-electron chi connectivity index (χ1n) is 8.85. The summed E-state index contributed by atoms with van der Waals surface area (Å²) in [5.41, 5.74) is 4.57. The van der Waals surface area contributed by atoms with Gasteiger partial charge >= 0.3 is 0 Å². The molecule has 0 bridgehead atoms. The Kier molecular flexibility index (Phi) is 4.91. The summed E-state index contributed by atoms with van der Waals surface area (Å²) in [6.07, 6.45) is 0.190. The van der Waals surface area contributed by atoms with Crippen molar-refractivity contribution in [2.24, 2.45) is 0 Å². The molecule has 4 nitrogen and oxygen atoms in total. The highest BCUT2D eigenvalue weighted by molar-refractivity contribution is 7.86. The summed E-state index contributed by atoms with van der Waals surface area (Å²) >= 11 is 6.01. The number of halogens is 1. The molecule has 1 aliphatic heterocycles. The molecule has 0 saturated heterocycles. The molecule has 4 rings (SSSR count). The minimum Gasteiger partial charge on any atom is -0.484 e. The van der Waals surface area contributed by atoms with Gasteiger partial charge in [-0.05, 0) is 36.2 Å². The van der Waals surface area contributed by atoms with E-state index >= 15 is 0 Å². The quantitative estimate of drug-likeness (QED) is 0.541. The van der Waals surface area contributed by atoms with Gasteiger partial charge in [-0.1, -0.05) is 59.6 Å². The van der Waals surface area contributed by atoms with Crippen LogP contribution in [0.3, 0.4) is 0 Å². The number of ether oxygens (including phenoxy) is 1. The normalized spacial score (nSPS) is 15.9. The Hall–Kier alpha value is -2.34. The van der Waals surface area contributed by atoms with E-state index in [0.29, 0.717) is 17.0 Å². The van der Waals surface area contributed by atoms with E-state index in [4.69, 9.17) is 20.5 Å². The molecule has 6 heteroatoms. The smallest absolute Gasteiger partial charge is 0.297 e. The van der Waals surface area contributed by atoms with Crippen molar-refractivity contribution in [3.63, 3.8) is 0 Å². The summed E-state index contributed by atoms with van der Waals surface area (Å²) in [6.45, 7) is 1.92. The van der Waals surface area contributed by atoms with Crippen LogP contribution in [0.1, 0.15) is 22.8 Å². The van der Waals surface area contributed by atoms with Crippen LogP contribution in [0.5, 0.6) is 5.75 Å². The Morgan fingerprint density at radius 2 is 1.82 bits per heavy atom. The maximum absolute atomic E-state index is 12.4.